The number of methoxy groups -OCH3 is 1. The van der Waals surface area contributed by atoms with Gasteiger partial charge in [0.05, 0.1) is 36.3 Å². The Hall–Kier alpha value is -2.70. The molecule has 11 nitrogen and oxygen atoms in total. The zero-order chi connectivity index (χ0) is 24.3. The van der Waals surface area contributed by atoms with Gasteiger partial charge < -0.3 is 24.3 Å². The number of morpholine rings is 1. The smallest absolute Gasteiger partial charge is 0.409 e. The maximum absolute atomic E-state index is 13.0. The van der Waals surface area contributed by atoms with E-state index in [4.69, 9.17) is 9.47 Å². The summed E-state index contributed by atoms with van der Waals surface area (Å²) in [5.41, 5.74) is 1.40. The molecule has 1 aromatic heterocycles. The molecule has 1 N–H and O–H groups in total. The highest BCUT2D eigenvalue weighted by Crippen LogP contribution is 2.23. The summed E-state index contributed by atoms with van der Waals surface area (Å²) >= 11 is 0. The number of hydrogen-bond donors (Lipinski definition) is 1. The molecule has 0 saturated carbocycles. The van der Waals surface area contributed by atoms with Gasteiger partial charge in [-0.1, -0.05) is 0 Å². The van der Waals surface area contributed by atoms with Crippen molar-refractivity contribution in [3.05, 3.63) is 24.0 Å². The number of nitrogens with one attached hydrogen (secondary N) is 1. The lowest BCUT2D eigenvalue weighted by Crippen LogP contribution is -2.46. The fourth-order valence-corrected chi connectivity index (χ4v) is 5.84. The number of piperidine rings is 1. The first-order valence-electron chi connectivity index (χ1n) is 11.4. The van der Waals surface area contributed by atoms with E-state index in [9.17, 15) is 18.0 Å². The molecule has 2 aliphatic rings. The lowest BCUT2D eigenvalue weighted by molar-refractivity contribution is -0.122. The monoisotopic (exact) mass is 493 g/mol. The second kappa shape index (κ2) is 10.3. The molecule has 34 heavy (non-hydrogen) atoms. The van der Waals surface area contributed by atoms with E-state index in [-0.39, 0.29) is 29.4 Å². The number of hydrogen-bond acceptors (Lipinski definition) is 7. The first-order chi connectivity index (χ1) is 16.3. The normalized spacial score (nSPS) is 18.2. The van der Waals surface area contributed by atoms with Crippen molar-refractivity contribution in [3.8, 4) is 0 Å². The topological polar surface area (TPSA) is 123 Å². The summed E-state index contributed by atoms with van der Waals surface area (Å²) in [6, 6.07) is 4.99. The number of aryl methyl sites for hydroxylation is 2. The summed E-state index contributed by atoms with van der Waals surface area (Å²) in [5.74, 6) is 0.644. The number of carbonyl (C=O) groups excluding carboxylic acids is 2. The highest BCUT2D eigenvalue weighted by Gasteiger charge is 2.27. The molecule has 2 amide bonds. The van der Waals surface area contributed by atoms with Crippen LogP contribution < -0.4 is 5.32 Å². The third kappa shape index (κ3) is 5.18. The van der Waals surface area contributed by atoms with Crippen molar-refractivity contribution in [1.82, 2.24) is 24.1 Å². The lowest BCUT2D eigenvalue weighted by Gasteiger charge is -2.31. The van der Waals surface area contributed by atoms with Gasteiger partial charge in [-0.05, 0) is 31.0 Å². The molecule has 0 atom stereocenters. The molecule has 2 saturated heterocycles. The number of aromatic nitrogens is 2. The second-order valence-electron chi connectivity index (χ2n) is 8.55. The summed E-state index contributed by atoms with van der Waals surface area (Å²) in [4.78, 5) is 30.5. The molecule has 0 spiro atoms. The van der Waals surface area contributed by atoms with Gasteiger partial charge in [-0.2, -0.15) is 4.31 Å². The van der Waals surface area contributed by atoms with Crippen LogP contribution in [0.15, 0.2) is 23.1 Å². The molecule has 1 aromatic carbocycles. The van der Waals surface area contributed by atoms with Crippen molar-refractivity contribution in [3.63, 3.8) is 0 Å². The zero-order valence-electron chi connectivity index (χ0n) is 19.5. The van der Waals surface area contributed by atoms with Crippen molar-refractivity contribution in [1.29, 1.82) is 0 Å². The highest BCUT2D eigenvalue weighted by atomic mass is 32.2. The van der Waals surface area contributed by atoms with Crippen LogP contribution in [-0.2, 0) is 37.8 Å². The van der Waals surface area contributed by atoms with Crippen molar-refractivity contribution < 1.29 is 27.5 Å². The number of likely N-dealkylation sites (tertiary alicyclic amines) is 1. The number of rotatable bonds is 6. The van der Waals surface area contributed by atoms with Gasteiger partial charge in [-0.25, -0.2) is 18.2 Å². The van der Waals surface area contributed by atoms with Crippen LogP contribution in [0.25, 0.3) is 11.0 Å². The minimum Gasteiger partial charge on any atom is -0.453 e. The molecule has 2 aromatic rings. The third-order valence-corrected chi connectivity index (χ3v) is 8.32. The predicted octanol–water partition coefficient (Wildman–Crippen LogP) is 0.874. The number of benzene rings is 1. The minimum atomic E-state index is -3.60. The number of amides is 2. The van der Waals surface area contributed by atoms with E-state index in [1.165, 1.54) is 11.4 Å². The van der Waals surface area contributed by atoms with Crippen molar-refractivity contribution in [2.75, 3.05) is 46.5 Å². The summed E-state index contributed by atoms with van der Waals surface area (Å²) in [5, 5.41) is 3.04. The molecule has 12 heteroatoms. The van der Waals surface area contributed by atoms with Gasteiger partial charge in [0.2, 0.25) is 15.9 Å². The summed E-state index contributed by atoms with van der Waals surface area (Å²) < 4.78 is 39.2. The van der Waals surface area contributed by atoms with E-state index < -0.39 is 10.0 Å². The fourth-order valence-electron chi connectivity index (χ4n) is 4.41. The Bertz CT molecular complexity index is 1150. The van der Waals surface area contributed by atoms with Gasteiger partial charge in [0, 0.05) is 52.1 Å². The molecule has 2 aliphatic heterocycles. The Morgan fingerprint density at radius 1 is 1.18 bits per heavy atom. The first kappa shape index (κ1) is 24.4. The second-order valence-corrected chi connectivity index (χ2v) is 10.5. The van der Waals surface area contributed by atoms with E-state index >= 15 is 0 Å². The van der Waals surface area contributed by atoms with Crippen LogP contribution in [0, 0.1) is 0 Å². The van der Waals surface area contributed by atoms with Crippen LogP contribution in [-0.4, -0.2) is 91.7 Å². The summed E-state index contributed by atoms with van der Waals surface area (Å²) in [6.07, 6.45) is 1.74. The highest BCUT2D eigenvalue weighted by molar-refractivity contribution is 7.89. The van der Waals surface area contributed by atoms with Crippen LogP contribution in [0.2, 0.25) is 0 Å². The average molecular weight is 494 g/mol. The van der Waals surface area contributed by atoms with Crippen LogP contribution in [0.1, 0.15) is 25.1 Å². The van der Waals surface area contributed by atoms with E-state index in [1.54, 1.807) is 23.1 Å². The summed E-state index contributed by atoms with van der Waals surface area (Å²) in [7, 11) is -0.378. The number of sulfonamides is 1. The Morgan fingerprint density at radius 3 is 2.56 bits per heavy atom. The van der Waals surface area contributed by atoms with Gasteiger partial charge in [0.25, 0.3) is 0 Å². The summed E-state index contributed by atoms with van der Waals surface area (Å²) in [6.45, 7) is 2.56. The van der Waals surface area contributed by atoms with Crippen molar-refractivity contribution in [2.45, 2.75) is 36.6 Å². The van der Waals surface area contributed by atoms with Gasteiger partial charge in [0.15, 0.2) is 0 Å². The van der Waals surface area contributed by atoms with Gasteiger partial charge in [0.1, 0.15) is 5.82 Å². The van der Waals surface area contributed by atoms with Crippen molar-refractivity contribution >= 4 is 33.1 Å². The number of nitrogens with zero attached hydrogens (tertiary/aromatic N) is 4. The van der Waals surface area contributed by atoms with Crippen LogP contribution in [0.5, 0.6) is 0 Å². The Morgan fingerprint density at radius 2 is 1.88 bits per heavy atom. The van der Waals surface area contributed by atoms with Gasteiger partial charge in [-0.3, -0.25) is 4.79 Å². The van der Waals surface area contributed by atoms with Gasteiger partial charge >= 0.3 is 6.09 Å². The number of fused-ring (bicyclic) bond motifs is 1. The molecule has 0 radical (unpaired) electrons. The quantitative estimate of drug-likeness (QED) is 0.634. The number of ether oxygens (including phenoxy) is 2. The third-order valence-electron chi connectivity index (χ3n) is 6.42. The molecular weight excluding hydrogens is 462 g/mol. The lowest BCUT2D eigenvalue weighted by atomic mass is 10.1. The average Bonchev–Trinajstić information content (AvgIpc) is 3.18. The number of carbonyl (C=O) groups is 2. The molecule has 4 rings (SSSR count). The standard InChI is InChI=1S/C22H31N5O6S/c1-25-19-4-3-17(34(30,31)27-11-13-33-14-12-27)15-18(19)24-20(25)5-6-21(28)23-16-7-9-26(10-8-16)22(29)32-2/h3-4,15-16H,5-14H2,1-2H3,(H,23,28). The SMILES string of the molecule is COC(=O)N1CCC(NC(=O)CCc2nc3cc(S(=O)(=O)N4CCOCC4)ccc3n2C)CC1. The fraction of sp³-hybridized carbons (Fsp3) is 0.591. The van der Waals surface area contributed by atoms with E-state index in [2.05, 4.69) is 10.3 Å². The molecule has 0 aliphatic carbocycles. The Kier molecular flexibility index (Phi) is 7.39. The Balaban J connectivity index is 1.37. The maximum atomic E-state index is 13.0. The zero-order valence-corrected chi connectivity index (χ0v) is 20.3. The molecular formula is C22H31N5O6S. The largest absolute Gasteiger partial charge is 0.453 e. The molecule has 186 valence electrons. The first-order valence-corrected chi connectivity index (χ1v) is 12.9. The van der Waals surface area contributed by atoms with Crippen LogP contribution >= 0.6 is 0 Å². The van der Waals surface area contributed by atoms with Gasteiger partial charge in [-0.15, -0.1) is 0 Å². The van der Waals surface area contributed by atoms with E-state index in [0.717, 1.165) is 5.52 Å². The van der Waals surface area contributed by atoms with Crippen molar-refractivity contribution in [2.24, 2.45) is 7.05 Å². The van der Waals surface area contributed by atoms with E-state index in [0.29, 0.717) is 70.0 Å². The van der Waals surface area contributed by atoms with Crippen LogP contribution in [0.4, 0.5) is 4.79 Å². The molecule has 0 bridgehead atoms. The van der Waals surface area contributed by atoms with E-state index in [1.807, 2.05) is 11.6 Å². The molecule has 0 unspecified atom stereocenters. The molecule has 2 fully saturated rings. The number of imidazole rings is 1. The maximum Gasteiger partial charge on any atom is 0.409 e. The van der Waals surface area contributed by atoms with Crippen LogP contribution in [0.3, 0.4) is 0 Å². The minimum absolute atomic E-state index is 0.0294. The molecule has 3 heterocycles. The predicted molar refractivity (Wildman–Crippen MR) is 124 cm³/mol. The Labute approximate surface area is 199 Å².